The van der Waals surface area contributed by atoms with Gasteiger partial charge in [-0.3, -0.25) is 4.79 Å². The molecule has 0 spiro atoms. The molecule has 7 heteroatoms. The summed E-state index contributed by atoms with van der Waals surface area (Å²) in [5.74, 6) is -1.37. The lowest BCUT2D eigenvalue weighted by atomic mass is 9.93. The summed E-state index contributed by atoms with van der Waals surface area (Å²) < 4.78 is 29.8. The van der Waals surface area contributed by atoms with E-state index in [1.54, 1.807) is 0 Å². The van der Waals surface area contributed by atoms with Crippen molar-refractivity contribution in [2.45, 2.75) is 37.8 Å². The number of hydrogen-bond donors (Lipinski definition) is 2. The maximum atomic E-state index is 11.5. The molecule has 1 fully saturated rings. The predicted octanol–water partition coefficient (Wildman–Crippen LogP) is -0.651. The number of rotatable bonds is 4. The highest BCUT2D eigenvalue weighted by molar-refractivity contribution is 7.90. The summed E-state index contributed by atoms with van der Waals surface area (Å²) in [7, 11) is -2.41. The summed E-state index contributed by atoms with van der Waals surface area (Å²) in [6.45, 7) is 0. The van der Waals surface area contributed by atoms with E-state index in [2.05, 4.69) is 9.46 Å². The maximum absolute atomic E-state index is 11.5. The fourth-order valence-corrected chi connectivity index (χ4v) is 3.00. The van der Waals surface area contributed by atoms with Crippen LogP contribution in [-0.2, 0) is 19.6 Å². The molecule has 0 aromatic carbocycles. The first-order valence-electron chi connectivity index (χ1n) is 5.25. The minimum absolute atomic E-state index is 0.102. The SMILES string of the molecule is COC(=O)CS(=O)(=O)NC1CCC(N)CC1. The Bertz CT molecular complexity index is 333. The van der Waals surface area contributed by atoms with E-state index in [-0.39, 0.29) is 12.1 Å². The van der Waals surface area contributed by atoms with Crippen molar-refractivity contribution in [3.8, 4) is 0 Å². The minimum atomic E-state index is -3.58. The zero-order valence-corrected chi connectivity index (χ0v) is 10.1. The molecule has 0 unspecified atom stereocenters. The summed E-state index contributed by atoms with van der Waals surface area (Å²) in [6.07, 6.45) is 3.07. The topological polar surface area (TPSA) is 98.5 Å². The molecule has 3 N–H and O–H groups in total. The first-order chi connectivity index (χ1) is 7.43. The molecule has 0 saturated heterocycles. The molecule has 1 rings (SSSR count). The summed E-state index contributed by atoms with van der Waals surface area (Å²) in [6, 6.07) is 0.0656. The molecule has 94 valence electrons. The lowest BCUT2D eigenvalue weighted by Gasteiger charge is -2.26. The van der Waals surface area contributed by atoms with E-state index in [1.807, 2.05) is 0 Å². The number of carbonyl (C=O) groups is 1. The number of hydrogen-bond acceptors (Lipinski definition) is 5. The maximum Gasteiger partial charge on any atom is 0.322 e. The van der Waals surface area contributed by atoms with Gasteiger partial charge < -0.3 is 10.5 Å². The number of esters is 1. The van der Waals surface area contributed by atoms with Gasteiger partial charge >= 0.3 is 5.97 Å². The summed E-state index contributed by atoms with van der Waals surface area (Å²) in [4.78, 5) is 10.9. The Balaban J connectivity index is 2.44. The number of carbonyl (C=O) groups excluding carboxylic acids is 1. The molecule has 0 atom stereocenters. The summed E-state index contributed by atoms with van der Waals surface area (Å²) >= 11 is 0. The van der Waals surface area contributed by atoms with Crippen LogP contribution < -0.4 is 10.5 Å². The third-order valence-corrected chi connectivity index (χ3v) is 3.96. The Kier molecular flexibility index (Phi) is 4.69. The molecular formula is C9H18N2O4S. The smallest absolute Gasteiger partial charge is 0.322 e. The van der Waals surface area contributed by atoms with Gasteiger partial charge in [0.2, 0.25) is 10.0 Å². The fourth-order valence-electron chi connectivity index (χ4n) is 1.75. The van der Waals surface area contributed by atoms with Crippen LogP contribution >= 0.6 is 0 Å². The van der Waals surface area contributed by atoms with Crippen molar-refractivity contribution in [1.82, 2.24) is 4.72 Å². The van der Waals surface area contributed by atoms with Gasteiger partial charge in [0, 0.05) is 12.1 Å². The standard InChI is InChI=1S/C9H18N2O4S/c1-15-9(12)6-16(13,14)11-8-4-2-7(10)3-5-8/h7-8,11H,2-6,10H2,1H3. The molecule has 0 radical (unpaired) electrons. The van der Waals surface area contributed by atoms with Crippen LogP contribution in [0, 0.1) is 0 Å². The Morgan fingerprint density at radius 2 is 1.94 bits per heavy atom. The normalized spacial score (nSPS) is 26.4. The second-order valence-corrected chi connectivity index (χ2v) is 5.82. The van der Waals surface area contributed by atoms with Gasteiger partial charge in [-0.1, -0.05) is 0 Å². The van der Waals surface area contributed by atoms with E-state index in [1.165, 1.54) is 0 Å². The van der Waals surface area contributed by atoms with Crippen LogP contribution in [0.4, 0.5) is 0 Å². The van der Waals surface area contributed by atoms with Gasteiger partial charge in [-0.2, -0.15) is 0 Å². The molecule has 0 aromatic heterocycles. The van der Waals surface area contributed by atoms with Crippen LogP contribution in [0.3, 0.4) is 0 Å². The van der Waals surface area contributed by atoms with E-state index in [9.17, 15) is 13.2 Å². The van der Waals surface area contributed by atoms with Crippen molar-refractivity contribution < 1.29 is 17.9 Å². The van der Waals surface area contributed by atoms with Gasteiger partial charge in [0.25, 0.3) is 0 Å². The highest BCUT2D eigenvalue weighted by Crippen LogP contribution is 2.17. The van der Waals surface area contributed by atoms with Crippen LogP contribution in [0.1, 0.15) is 25.7 Å². The monoisotopic (exact) mass is 250 g/mol. The Morgan fingerprint density at radius 1 is 1.38 bits per heavy atom. The zero-order chi connectivity index (χ0) is 12.2. The largest absolute Gasteiger partial charge is 0.468 e. The van der Waals surface area contributed by atoms with Crippen molar-refractivity contribution in [1.29, 1.82) is 0 Å². The van der Waals surface area contributed by atoms with Gasteiger partial charge in [0.05, 0.1) is 7.11 Å². The van der Waals surface area contributed by atoms with Crippen molar-refractivity contribution in [3.63, 3.8) is 0 Å². The molecule has 0 amide bonds. The molecule has 0 heterocycles. The van der Waals surface area contributed by atoms with Crippen LogP contribution in [-0.4, -0.2) is 39.3 Å². The van der Waals surface area contributed by atoms with Crippen LogP contribution in [0.2, 0.25) is 0 Å². The number of sulfonamides is 1. The fraction of sp³-hybridized carbons (Fsp3) is 0.889. The van der Waals surface area contributed by atoms with Crippen LogP contribution in [0.15, 0.2) is 0 Å². The van der Waals surface area contributed by atoms with E-state index in [0.717, 1.165) is 32.8 Å². The Morgan fingerprint density at radius 3 is 2.44 bits per heavy atom. The first kappa shape index (κ1) is 13.4. The summed E-state index contributed by atoms with van der Waals surface area (Å²) in [5, 5.41) is 0. The van der Waals surface area contributed by atoms with Gasteiger partial charge in [-0.25, -0.2) is 13.1 Å². The Hall–Kier alpha value is -0.660. The minimum Gasteiger partial charge on any atom is -0.468 e. The van der Waals surface area contributed by atoms with Gasteiger partial charge in [0.1, 0.15) is 0 Å². The van der Waals surface area contributed by atoms with Crippen LogP contribution in [0.5, 0.6) is 0 Å². The van der Waals surface area contributed by atoms with E-state index >= 15 is 0 Å². The molecule has 1 aliphatic carbocycles. The van der Waals surface area contributed by atoms with Crippen LogP contribution in [0.25, 0.3) is 0 Å². The molecule has 0 aromatic rings. The highest BCUT2D eigenvalue weighted by atomic mass is 32.2. The summed E-state index contributed by atoms with van der Waals surface area (Å²) in [5.41, 5.74) is 5.71. The molecule has 6 nitrogen and oxygen atoms in total. The first-order valence-corrected chi connectivity index (χ1v) is 6.90. The van der Waals surface area contributed by atoms with E-state index in [4.69, 9.17) is 5.73 Å². The number of ether oxygens (including phenoxy) is 1. The lowest BCUT2D eigenvalue weighted by molar-refractivity contribution is -0.137. The number of nitrogens with two attached hydrogens (primary N) is 1. The molecule has 0 bridgehead atoms. The predicted molar refractivity (Wildman–Crippen MR) is 59.2 cm³/mol. The second-order valence-electron chi connectivity index (χ2n) is 4.06. The van der Waals surface area contributed by atoms with E-state index in [0.29, 0.717) is 0 Å². The quantitative estimate of drug-likeness (QED) is 0.646. The Labute approximate surface area is 95.6 Å². The van der Waals surface area contributed by atoms with Gasteiger partial charge in [0.15, 0.2) is 5.75 Å². The molecule has 16 heavy (non-hydrogen) atoms. The van der Waals surface area contributed by atoms with Crippen molar-refractivity contribution >= 4 is 16.0 Å². The van der Waals surface area contributed by atoms with Crippen molar-refractivity contribution in [2.75, 3.05) is 12.9 Å². The second kappa shape index (κ2) is 5.60. The van der Waals surface area contributed by atoms with Gasteiger partial charge in [-0.15, -0.1) is 0 Å². The average molecular weight is 250 g/mol. The lowest BCUT2D eigenvalue weighted by Crippen LogP contribution is -2.42. The molecule has 1 saturated carbocycles. The molecule has 1 aliphatic rings. The average Bonchev–Trinajstić information content (AvgIpc) is 2.20. The zero-order valence-electron chi connectivity index (χ0n) is 9.31. The van der Waals surface area contributed by atoms with Crippen molar-refractivity contribution in [3.05, 3.63) is 0 Å². The van der Waals surface area contributed by atoms with E-state index < -0.39 is 21.7 Å². The third-order valence-electron chi connectivity index (χ3n) is 2.65. The third kappa shape index (κ3) is 4.46. The molecular weight excluding hydrogens is 232 g/mol. The van der Waals surface area contributed by atoms with Gasteiger partial charge in [-0.05, 0) is 25.7 Å². The molecule has 0 aliphatic heterocycles. The number of methoxy groups -OCH3 is 1. The highest BCUT2D eigenvalue weighted by Gasteiger charge is 2.24. The number of nitrogens with one attached hydrogen (secondary N) is 1. The van der Waals surface area contributed by atoms with Crippen molar-refractivity contribution in [2.24, 2.45) is 5.73 Å².